The fourth-order valence-corrected chi connectivity index (χ4v) is 4.01. The minimum atomic E-state index is -0.209. The number of amides is 2. The molecule has 2 amide bonds. The summed E-state index contributed by atoms with van der Waals surface area (Å²) >= 11 is 0. The van der Waals surface area contributed by atoms with E-state index < -0.39 is 0 Å². The van der Waals surface area contributed by atoms with Crippen molar-refractivity contribution in [1.82, 2.24) is 9.80 Å². The predicted molar refractivity (Wildman–Crippen MR) is 111 cm³/mol. The van der Waals surface area contributed by atoms with Crippen LogP contribution in [0.5, 0.6) is 0 Å². The molecular formula is C24H24N2O2. The van der Waals surface area contributed by atoms with Gasteiger partial charge in [0.1, 0.15) is 0 Å². The van der Waals surface area contributed by atoms with E-state index in [9.17, 15) is 9.59 Å². The molecule has 0 unspecified atom stereocenters. The van der Waals surface area contributed by atoms with E-state index in [1.165, 1.54) is 10.5 Å². The molecule has 4 rings (SSSR count). The Morgan fingerprint density at radius 1 is 0.750 bits per heavy atom. The second kappa shape index (κ2) is 7.56. The lowest BCUT2D eigenvalue weighted by Gasteiger charge is -2.21. The van der Waals surface area contributed by atoms with Crippen LogP contribution in [0.2, 0.25) is 0 Å². The van der Waals surface area contributed by atoms with Gasteiger partial charge in [0.15, 0.2) is 0 Å². The molecule has 0 saturated heterocycles. The smallest absolute Gasteiger partial charge is 0.261 e. The highest BCUT2D eigenvalue weighted by molar-refractivity contribution is 6.21. The van der Waals surface area contributed by atoms with Crippen LogP contribution in [-0.4, -0.2) is 34.7 Å². The summed E-state index contributed by atoms with van der Waals surface area (Å²) in [6.07, 6.45) is 0. The van der Waals surface area contributed by atoms with Gasteiger partial charge in [-0.1, -0.05) is 62.4 Å². The summed E-state index contributed by atoms with van der Waals surface area (Å²) in [5, 5.41) is 2.28. The van der Waals surface area contributed by atoms with Gasteiger partial charge in [-0.2, -0.15) is 0 Å². The second-order valence-corrected chi connectivity index (χ2v) is 7.14. The molecule has 0 N–H and O–H groups in total. The molecule has 0 radical (unpaired) electrons. The number of carbonyl (C=O) groups excluding carboxylic acids is 2. The van der Waals surface area contributed by atoms with E-state index in [1.807, 2.05) is 12.1 Å². The van der Waals surface area contributed by atoms with Crippen LogP contribution in [0.25, 0.3) is 10.8 Å². The van der Waals surface area contributed by atoms with E-state index in [0.29, 0.717) is 17.7 Å². The Kier molecular flexibility index (Phi) is 4.97. The maximum Gasteiger partial charge on any atom is 0.261 e. The van der Waals surface area contributed by atoms with E-state index in [0.717, 1.165) is 36.0 Å². The van der Waals surface area contributed by atoms with E-state index in [-0.39, 0.29) is 11.8 Å². The molecule has 0 bridgehead atoms. The molecule has 0 fully saturated rings. The lowest BCUT2D eigenvalue weighted by atomic mass is 9.98. The molecular weight excluding hydrogens is 348 g/mol. The van der Waals surface area contributed by atoms with Gasteiger partial charge >= 0.3 is 0 Å². The van der Waals surface area contributed by atoms with Gasteiger partial charge in [-0.05, 0) is 47.1 Å². The first kappa shape index (κ1) is 18.4. The van der Waals surface area contributed by atoms with Gasteiger partial charge in [0.2, 0.25) is 0 Å². The van der Waals surface area contributed by atoms with Crippen molar-refractivity contribution in [2.24, 2.45) is 0 Å². The van der Waals surface area contributed by atoms with Crippen LogP contribution >= 0.6 is 0 Å². The molecule has 0 aromatic heterocycles. The third-order valence-electron chi connectivity index (χ3n) is 5.57. The second-order valence-electron chi connectivity index (χ2n) is 7.14. The number of hydrogen-bond acceptors (Lipinski definition) is 3. The van der Waals surface area contributed by atoms with Gasteiger partial charge in [-0.15, -0.1) is 0 Å². The van der Waals surface area contributed by atoms with E-state index >= 15 is 0 Å². The summed E-state index contributed by atoms with van der Waals surface area (Å²) in [6.45, 7) is 7.42. The molecule has 4 nitrogen and oxygen atoms in total. The van der Waals surface area contributed by atoms with Crippen molar-refractivity contribution in [2.45, 2.75) is 26.9 Å². The Hall–Kier alpha value is -2.98. The molecule has 3 aromatic rings. The van der Waals surface area contributed by atoms with Gasteiger partial charge in [0.05, 0.1) is 17.7 Å². The molecule has 0 atom stereocenters. The molecule has 4 heteroatoms. The standard InChI is InChI=1S/C24H24N2O2/c1-3-25(4-2)15-18-11-7-9-17-10-8-12-19(22(17)18)16-26-23(27)20-13-5-6-14-21(20)24(26)28/h5-14H,3-4,15-16H2,1-2H3. The molecule has 1 aliphatic rings. The fourth-order valence-electron chi connectivity index (χ4n) is 4.01. The third kappa shape index (κ3) is 3.10. The molecule has 3 aromatic carbocycles. The Balaban J connectivity index is 1.74. The Labute approximate surface area is 165 Å². The number of imide groups is 1. The van der Waals surface area contributed by atoms with Crippen molar-refractivity contribution >= 4 is 22.6 Å². The quantitative estimate of drug-likeness (QED) is 0.599. The first-order valence-corrected chi connectivity index (χ1v) is 9.81. The first-order chi connectivity index (χ1) is 13.6. The molecule has 0 aliphatic carbocycles. The zero-order chi connectivity index (χ0) is 19.7. The lowest BCUT2D eigenvalue weighted by molar-refractivity contribution is 0.0643. The van der Waals surface area contributed by atoms with Crippen LogP contribution in [-0.2, 0) is 13.1 Å². The maximum atomic E-state index is 12.8. The summed E-state index contributed by atoms with van der Waals surface area (Å²) in [4.78, 5) is 29.3. The minimum Gasteiger partial charge on any atom is -0.300 e. The SMILES string of the molecule is CCN(CC)Cc1cccc2cccc(CN3C(=O)c4ccccc4C3=O)c12. The number of nitrogens with zero attached hydrogens (tertiary/aromatic N) is 2. The maximum absolute atomic E-state index is 12.8. The zero-order valence-corrected chi connectivity index (χ0v) is 16.3. The van der Waals surface area contributed by atoms with Crippen LogP contribution < -0.4 is 0 Å². The molecule has 1 aliphatic heterocycles. The molecule has 1 heterocycles. The van der Waals surface area contributed by atoms with Gasteiger partial charge in [-0.3, -0.25) is 19.4 Å². The number of carbonyl (C=O) groups is 2. The molecule has 0 saturated carbocycles. The number of benzene rings is 3. The highest BCUT2D eigenvalue weighted by Gasteiger charge is 2.35. The van der Waals surface area contributed by atoms with Gasteiger partial charge in [-0.25, -0.2) is 0 Å². The molecule has 28 heavy (non-hydrogen) atoms. The van der Waals surface area contributed by atoms with Crippen LogP contribution in [0.4, 0.5) is 0 Å². The normalized spacial score (nSPS) is 13.6. The van der Waals surface area contributed by atoms with Gasteiger partial charge in [0.25, 0.3) is 11.8 Å². The van der Waals surface area contributed by atoms with Crippen molar-refractivity contribution < 1.29 is 9.59 Å². The van der Waals surface area contributed by atoms with E-state index in [1.54, 1.807) is 24.3 Å². The summed E-state index contributed by atoms with van der Waals surface area (Å²) < 4.78 is 0. The Morgan fingerprint density at radius 3 is 1.89 bits per heavy atom. The predicted octanol–water partition coefficient (Wildman–Crippen LogP) is 4.48. The summed E-state index contributed by atoms with van der Waals surface area (Å²) in [7, 11) is 0. The van der Waals surface area contributed by atoms with Gasteiger partial charge < -0.3 is 0 Å². The summed E-state index contributed by atoms with van der Waals surface area (Å²) in [5.41, 5.74) is 3.23. The van der Waals surface area contributed by atoms with Crippen molar-refractivity contribution in [3.8, 4) is 0 Å². The average molecular weight is 372 g/mol. The fraction of sp³-hybridized carbons (Fsp3) is 0.250. The van der Waals surface area contributed by atoms with Crippen molar-refractivity contribution in [3.63, 3.8) is 0 Å². The van der Waals surface area contributed by atoms with Crippen molar-refractivity contribution in [2.75, 3.05) is 13.1 Å². The van der Waals surface area contributed by atoms with E-state index in [2.05, 4.69) is 43.0 Å². The highest BCUT2D eigenvalue weighted by Crippen LogP contribution is 2.29. The largest absolute Gasteiger partial charge is 0.300 e. The Bertz CT molecular complexity index is 1010. The zero-order valence-electron chi connectivity index (χ0n) is 16.3. The summed E-state index contributed by atoms with van der Waals surface area (Å²) in [6, 6.07) is 19.5. The van der Waals surface area contributed by atoms with Crippen LogP contribution in [0.1, 0.15) is 45.7 Å². The topological polar surface area (TPSA) is 40.6 Å². The molecule has 0 spiro atoms. The first-order valence-electron chi connectivity index (χ1n) is 9.81. The van der Waals surface area contributed by atoms with Gasteiger partial charge in [0, 0.05) is 6.54 Å². The van der Waals surface area contributed by atoms with E-state index in [4.69, 9.17) is 0 Å². The lowest BCUT2D eigenvalue weighted by Crippen LogP contribution is -2.29. The average Bonchev–Trinajstić information content (AvgIpc) is 2.97. The van der Waals surface area contributed by atoms with Crippen LogP contribution in [0.15, 0.2) is 60.7 Å². The minimum absolute atomic E-state index is 0.209. The Morgan fingerprint density at radius 2 is 1.32 bits per heavy atom. The van der Waals surface area contributed by atoms with Crippen molar-refractivity contribution in [1.29, 1.82) is 0 Å². The third-order valence-corrected chi connectivity index (χ3v) is 5.57. The number of fused-ring (bicyclic) bond motifs is 2. The molecule has 142 valence electrons. The van der Waals surface area contributed by atoms with Crippen LogP contribution in [0.3, 0.4) is 0 Å². The van der Waals surface area contributed by atoms with Crippen molar-refractivity contribution in [3.05, 3.63) is 82.9 Å². The number of hydrogen-bond donors (Lipinski definition) is 0. The number of rotatable bonds is 6. The summed E-state index contributed by atoms with van der Waals surface area (Å²) in [5.74, 6) is -0.419. The van der Waals surface area contributed by atoms with Crippen LogP contribution in [0, 0.1) is 0 Å². The highest BCUT2D eigenvalue weighted by atomic mass is 16.2. The monoisotopic (exact) mass is 372 g/mol.